The second-order valence-electron chi connectivity index (χ2n) is 6.69. The summed E-state index contributed by atoms with van der Waals surface area (Å²) in [7, 11) is 3.52. The molecule has 0 spiro atoms. The molecule has 1 heterocycles. The lowest BCUT2D eigenvalue weighted by atomic mass is 10.2. The normalized spacial score (nSPS) is 15.9. The lowest BCUT2D eigenvalue weighted by Crippen LogP contribution is -2.54. The number of benzene rings is 1. The minimum absolute atomic E-state index is 0. The zero-order valence-corrected chi connectivity index (χ0v) is 18.6. The highest BCUT2D eigenvalue weighted by Gasteiger charge is 2.21. The molecule has 1 aliphatic heterocycles. The van der Waals surface area contributed by atoms with E-state index in [4.69, 9.17) is 0 Å². The van der Waals surface area contributed by atoms with E-state index in [1.807, 2.05) is 6.07 Å². The molecule has 1 N–H and O–H groups in total. The van der Waals surface area contributed by atoms with Crippen LogP contribution in [0.5, 0.6) is 0 Å². The van der Waals surface area contributed by atoms with Crippen molar-refractivity contribution in [1.29, 1.82) is 0 Å². The van der Waals surface area contributed by atoms with Gasteiger partial charge in [0, 0.05) is 52.0 Å². The largest absolute Gasteiger partial charge is 0.368 e. The summed E-state index contributed by atoms with van der Waals surface area (Å²) in [6.45, 7) is 8.17. The Hall–Kier alpha value is -1.51. The zero-order chi connectivity index (χ0) is 18.2. The fourth-order valence-electron chi connectivity index (χ4n) is 2.66. The molecule has 1 amide bonds. The maximum Gasteiger partial charge on any atom is 0.243 e. The fraction of sp³-hybridized carbons (Fsp3) is 0.579. The summed E-state index contributed by atoms with van der Waals surface area (Å²) in [4.78, 5) is 22.7. The van der Waals surface area contributed by atoms with E-state index in [0.29, 0.717) is 6.04 Å². The van der Waals surface area contributed by atoms with Crippen molar-refractivity contribution in [2.24, 2.45) is 4.99 Å². The highest BCUT2D eigenvalue weighted by atomic mass is 127. The summed E-state index contributed by atoms with van der Waals surface area (Å²) < 4.78 is 0. The van der Waals surface area contributed by atoms with Crippen LogP contribution in [-0.4, -0.2) is 74.5 Å². The molecular formula is C19H32IN5O. The van der Waals surface area contributed by atoms with Crippen LogP contribution >= 0.6 is 24.0 Å². The predicted octanol–water partition coefficient (Wildman–Crippen LogP) is 2.26. The smallest absolute Gasteiger partial charge is 0.243 e. The van der Waals surface area contributed by atoms with Gasteiger partial charge in [0.15, 0.2) is 5.96 Å². The van der Waals surface area contributed by atoms with Crippen molar-refractivity contribution in [2.75, 3.05) is 51.7 Å². The van der Waals surface area contributed by atoms with Gasteiger partial charge >= 0.3 is 0 Å². The van der Waals surface area contributed by atoms with E-state index in [1.54, 1.807) is 19.0 Å². The Balaban J connectivity index is 0.00000338. The van der Waals surface area contributed by atoms with E-state index in [0.717, 1.165) is 38.6 Å². The number of likely N-dealkylation sites (N-methyl/N-ethyl adjacent to an activating group) is 1. The molecule has 0 saturated carbocycles. The van der Waals surface area contributed by atoms with Gasteiger partial charge in [-0.15, -0.1) is 24.0 Å². The van der Waals surface area contributed by atoms with Crippen molar-refractivity contribution < 1.29 is 4.79 Å². The quantitative estimate of drug-likeness (QED) is 0.405. The number of rotatable bonds is 5. The van der Waals surface area contributed by atoms with Crippen LogP contribution in [0.3, 0.4) is 0 Å². The van der Waals surface area contributed by atoms with E-state index in [9.17, 15) is 4.79 Å². The number of aliphatic imine (C=N–C) groups is 1. The van der Waals surface area contributed by atoms with E-state index in [2.05, 4.69) is 58.2 Å². The Morgan fingerprint density at radius 2 is 1.81 bits per heavy atom. The number of carbonyl (C=O) groups is 1. The molecule has 6 nitrogen and oxygen atoms in total. The van der Waals surface area contributed by atoms with Crippen LogP contribution in [0.4, 0.5) is 5.69 Å². The van der Waals surface area contributed by atoms with Gasteiger partial charge in [-0.3, -0.25) is 4.79 Å². The number of nitrogens with zero attached hydrogens (tertiary/aromatic N) is 4. The number of para-hydroxylation sites is 1. The third-order valence-corrected chi connectivity index (χ3v) is 4.55. The summed E-state index contributed by atoms with van der Waals surface area (Å²) in [6, 6.07) is 10.8. The van der Waals surface area contributed by atoms with E-state index < -0.39 is 0 Å². The van der Waals surface area contributed by atoms with Gasteiger partial charge in [0.2, 0.25) is 5.91 Å². The van der Waals surface area contributed by atoms with Crippen LogP contribution in [0, 0.1) is 0 Å². The lowest BCUT2D eigenvalue weighted by molar-refractivity contribution is -0.127. The average molecular weight is 473 g/mol. The number of hydrogen-bond acceptors (Lipinski definition) is 3. The van der Waals surface area contributed by atoms with Crippen LogP contribution in [0.15, 0.2) is 35.3 Å². The number of carbonyl (C=O) groups excluding carboxylic acids is 1. The summed E-state index contributed by atoms with van der Waals surface area (Å²) in [5.74, 6) is 0.864. The van der Waals surface area contributed by atoms with Crippen LogP contribution in [0.1, 0.15) is 20.3 Å². The zero-order valence-electron chi connectivity index (χ0n) is 16.3. The molecular weight excluding hydrogens is 441 g/mol. The molecule has 1 unspecified atom stereocenters. The topological polar surface area (TPSA) is 51.2 Å². The number of anilines is 1. The van der Waals surface area contributed by atoms with Gasteiger partial charge in [-0.05, 0) is 25.5 Å². The Bertz CT molecular complexity index is 571. The predicted molar refractivity (Wildman–Crippen MR) is 120 cm³/mol. The van der Waals surface area contributed by atoms with Crippen molar-refractivity contribution in [3.05, 3.63) is 30.3 Å². The number of amides is 1. The standard InChI is InChI=1S/C19H31N5O.HI/c1-5-16(2)21-19(20-15-18(25)22(3)4)24-13-11-23(12-14-24)17-9-7-6-8-10-17;/h6-10,16H,5,11-15H2,1-4H3,(H,20,21);1H. The average Bonchev–Trinajstić information content (AvgIpc) is 2.65. The summed E-state index contributed by atoms with van der Waals surface area (Å²) >= 11 is 0. The Morgan fingerprint density at radius 3 is 2.35 bits per heavy atom. The SMILES string of the molecule is CCC(C)NC(=NCC(=O)N(C)C)N1CCN(c2ccccc2)CC1.I. The molecule has 0 radical (unpaired) electrons. The highest BCUT2D eigenvalue weighted by molar-refractivity contribution is 14.0. The number of halogens is 1. The molecule has 0 aliphatic carbocycles. The van der Waals surface area contributed by atoms with E-state index in [1.165, 1.54) is 5.69 Å². The fourth-order valence-corrected chi connectivity index (χ4v) is 2.66. The molecule has 1 aliphatic rings. The third kappa shape index (κ3) is 6.66. The van der Waals surface area contributed by atoms with Crippen LogP contribution in [0.2, 0.25) is 0 Å². The second kappa shape index (κ2) is 11.3. The Morgan fingerprint density at radius 1 is 1.19 bits per heavy atom. The third-order valence-electron chi connectivity index (χ3n) is 4.55. The van der Waals surface area contributed by atoms with Gasteiger partial charge in [-0.2, -0.15) is 0 Å². The van der Waals surface area contributed by atoms with Gasteiger partial charge in [-0.25, -0.2) is 4.99 Å². The number of guanidine groups is 1. The van der Waals surface area contributed by atoms with Gasteiger partial charge in [0.1, 0.15) is 6.54 Å². The minimum atomic E-state index is 0. The van der Waals surface area contributed by atoms with Crippen molar-refractivity contribution in [2.45, 2.75) is 26.3 Å². The Kier molecular flexibility index (Phi) is 9.75. The maximum absolute atomic E-state index is 11.9. The molecule has 26 heavy (non-hydrogen) atoms. The molecule has 2 rings (SSSR count). The molecule has 146 valence electrons. The van der Waals surface area contributed by atoms with Crippen LogP contribution in [-0.2, 0) is 4.79 Å². The lowest BCUT2D eigenvalue weighted by Gasteiger charge is -2.38. The molecule has 0 bridgehead atoms. The molecule has 0 aromatic heterocycles. The molecule has 1 saturated heterocycles. The van der Waals surface area contributed by atoms with Gasteiger partial charge in [0.25, 0.3) is 0 Å². The van der Waals surface area contributed by atoms with Crippen molar-refractivity contribution in [3.8, 4) is 0 Å². The summed E-state index contributed by atoms with van der Waals surface area (Å²) in [6.07, 6.45) is 1.02. The van der Waals surface area contributed by atoms with Crippen LogP contribution in [0.25, 0.3) is 0 Å². The first-order chi connectivity index (χ1) is 12.0. The van der Waals surface area contributed by atoms with Crippen LogP contribution < -0.4 is 10.2 Å². The number of nitrogens with one attached hydrogen (secondary N) is 1. The van der Waals surface area contributed by atoms with Gasteiger partial charge in [-0.1, -0.05) is 25.1 Å². The number of piperazine rings is 1. The van der Waals surface area contributed by atoms with E-state index >= 15 is 0 Å². The van der Waals surface area contributed by atoms with Crippen molar-refractivity contribution in [1.82, 2.24) is 15.1 Å². The number of hydrogen-bond donors (Lipinski definition) is 1. The van der Waals surface area contributed by atoms with E-state index in [-0.39, 0.29) is 36.4 Å². The molecule has 1 atom stereocenters. The van der Waals surface area contributed by atoms with Crippen molar-refractivity contribution in [3.63, 3.8) is 0 Å². The summed E-state index contributed by atoms with van der Waals surface area (Å²) in [5.41, 5.74) is 1.26. The highest BCUT2D eigenvalue weighted by Crippen LogP contribution is 2.15. The molecule has 1 fully saturated rings. The summed E-state index contributed by atoms with van der Waals surface area (Å²) in [5, 5.41) is 3.47. The molecule has 1 aromatic rings. The Labute approximate surface area is 174 Å². The van der Waals surface area contributed by atoms with Gasteiger partial charge in [0.05, 0.1) is 0 Å². The molecule has 1 aromatic carbocycles. The monoisotopic (exact) mass is 473 g/mol. The second-order valence-corrected chi connectivity index (χ2v) is 6.69. The maximum atomic E-state index is 11.9. The first-order valence-corrected chi connectivity index (χ1v) is 9.07. The van der Waals surface area contributed by atoms with Gasteiger partial charge < -0.3 is 20.0 Å². The van der Waals surface area contributed by atoms with Crippen molar-refractivity contribution >= 4 is 41.5 Å². The minimum Gasteiger partial charge on any atom is -0.368 e. The first kappa shape index (κ1) is 22.5. The molecule has 7 heteroatoms. The first-order valence-electron chi connectivity index (χ1n) is 9.07.